The van der Waals surface area contributed by atoms with Crippen LogP contribution in [0.15, 0.2) is 30.3 Å². The predicted octanol–water partition coefficient (Wildman–Crippen LogP) is 1.76. The Balaban J connectivity index is 1.50. The molecule has 0 atom stereocenters. The fraction of sp³-hybridized carbons (Fsp3) is 0.474. The third-order valence-electron chi connectivity index (χ3n) is 4.66. The number of hydrogen-bond donors (Lipinski definition) is 1. The summed E-state index contributed by atoms with van der Waals surface area (Å²) in [5, 5.41) is 11.3. The van der Waals surface area contributed by atoms with Gasteiger partial charge in [-0.1, -0.05) is 32.0 Å². The molecule has 3 rings (SSSR count). The zero-order chi connectivity index (χ0) is 18.4. The normalized spacial score (nSPS) is 14.4. The van der Waals surface area contributed by atoms with Crippen molar-refractivity contribution in [2.75, 3.05) is 42.9 Å². The van der Waals surface area contributed by atoms with Crippen molar-refractivity contribution >= 4 is 17.5 Å². The number of amides is 1. The van der Waals surface area contributed by atoms with Crippen molar-refractivity contribution in [3.8, 4) is 0 Å². The average Bonchev–Trinajstić information content (AvgIpc) is 2.72. The SMILES string of the molecule is CCc1nnc(NCC(=O)N2CCN(c3ccccc3)CC2)nc1CC. The number of para-hydroxylation sites is 1. The van der Waals surface area contributed by atoms with Gasteiger partial charge < -0.3 is 15.1 Å². The van der Waals surface area contributed by atoms with E-state index >= 15 is 0 Å². The molecule has 2 heterocycles. The smallest absolute Gasteiger partial charge is 0.243 e. The molecular weight excluding hydrogens is 328 g/mol. The second kappa shape index (κ2) is 8.60. The van der Waals surface area contributed by atoms with Crippen LogP contribution < -0.4 is 10.2 Å². The molecule has 1 N–H and O–H groups in total. The van der Waals surface area contributed by atoms with Gasteiger partial charge >= 0.3 is 0 Å². The Kier molecular flexibility index (Phi) is 5.99. The molecule has 1 saturated heterocycles. The molecular formula is C19H26N6O. The Morgan fingerprint density at radius 1 is 1.00 bits per heavy atom. The second-order valence-electron chi connectivity index (χ2n) is 6.29. The van der Waals surface area contributed by atoms with Gasteiger partial charge in [0.2, 0.25) is 11.9 Å². The molecule has 7 nitrogen and oxygen atoms in total. The lowest BCUT2D eigenvalue weighted by atomic mass is 10.2. The monoisotopic (exact) mass is 354 g/mol. The molecule has 1 aliphatic rings. The highest BCUT2D eigenvalue weighted by Gasteiger charge is 2.21. The maximum Gasteiger partial charge on any atom is 0.243 e. The zero-order valence-corrected chi connectivity index (χ0v) is 15.5. The van der Waals surface area contributed by atoms with E-state index in [0.29, 0.717) is 5.95 Å². The van der Waals surface area contributed by atoms with Gasteiger partial charge in [0.05, 0.1) is 17.9 Å². The highest BCUT2D eigenvalue weighted by molar-refractivity contribution is 5.80. The first-order chi connectivity index (χ1) is 12.7. The van der Waals surface area contributed by atoms with Crippen LogP contribution in [0.4, 0.5) is 11.6 Å². The standard InChI is InChI=1S/C19H26N6O/c1-3-16-17(4-2)22-23-19(21-16)20-14-18(26)25-12-10-24(11-13-25)15-8-6-5-7-9-15/h5-9H,3-4,10-14H2,1-2H3,(H,20,21,23). The molecule has 1 aromatic carbocycles. The number of carbonyl (C=O) groups excluding carboxylic acids is 1. The van der Waals surface area contributed by atoms with Crippen LogP contribution >= 0.6 is 0 Å². The molecule has 0 spiro atoms. The van der Waals surface area contributed by atoms with Crippen molar-refractivity contribution in [2.45, 2.75) is 26.7 Å². The zero-order valence-electron chi connectivity index (χ0n) is 15.5. The van der Waals surface area contributed by atoms with Crippen molar-refractivity contribution in [3.63, 3.8) is 0 Å². The summed E-state index contributed by atoms with van der Waals surface area (Å²) in [5.41, 5.74) is 3.07. The first-order valence-corrected chi connectivity index (χ1v) is 9.25. The van der Waals surface area contributed by atoms with Crippen LogP contribution in [0, 0.1) is 0 Å². The molecule has 1 aromatic heterocycles. The van der Waals surface area contributed by atoms with Gasteiger partial charge in [0.15, 0.2) is 0 Å². The van der Waals surface area contributed by atoms with Gasteiger partial charge in [-0.2, -0.15) is 5.10 Å². The number of rotatable bonds is 6. The van der Waals surface area contributed by atoms with Gasteiger partial charge in [-0.15, -0.1) is 5.10 Å². The molecule has 1 aliphatic heterocycles. The summed E-state index contributed by atoms with van der Waals surface area (Å²) in [7, 11) is 0. The Labute approximate surface area is 154 Å². The summed E-state index contributed by atoms with van der Waals surface area (Å²) in [4.78, 5) is 21.1. The lowest BCUT2D eigenvalue weighted by Crippen LogP contribution is -2.50. The Hall–Kier alpha value is -2.70. The molecule has 0 aliphatic carbocycles. The van der Waals surface area contributed by atoms with E-state index in [1.807, 2.05) is 36.9 Å². The van der Waals surface area contributed by atoms with Gasteiger partial charge in [0.25, 0.3) is 0 Å². The molecule has 138 valence electrons. The van der Waals surface area contributed by atoms with Gasteiger partial charge in [-0.25, -0.2) is 4.98 Å². The van der Waals surface area contributed by atoms with Gasteiger partial charge in [-0.05, 0) is 25.0 Å². The molecule has 1 amide bonds. The van der Waals surface area contributed by atoms with Gasteiger partial charge in [0, 0.05) is 31.9 Å². The second-order valence-corrected chi connectivity index (χ2v) is 6.29. The maximum absolute atomic E-state index is 12.5. The molecule has 0 unspecified atom stereocenters. The van der Waals surface area contributed by atoms with E-state index in [0.717, 1.165) is 50.4 Å². The van der Waals surface area contributed by atoms with E-state index in [1.54, 1.807) is 0 Å². The summed E-state index contributed by atoms with van der Waals surface area (Å²) in [6, 6.07) is 10.3. The number of carbonyl (C=O) groups is 1. The lowest BCUT2D eigenvalue weighted by Gasteiger charge is -2.36. The summed E-state index contributed by atoms with van der Waals surface area (Å²) < 4.78 is 0. The third-order valence-corrected chi connectivity index (χ3v) is 4.66. The van der Waals surface area contributed by atoms with E-state index in [4.69, 9.17) is 0 Å². The number of piperazine rings is 1. The molecule has 0 bridgehead atoms. The summed E-state index contributed by atoms with van der Waals surface area (Å²) in [6.07, 6.45) is 1.62. The quantitative estimate of drug-likeness (QED) is 0.852. The van der Waals surface area contributed by atoms with Crippen LogP contribution in [0.2, 0.25) is 0 Å². The van der Waals surface area contributed by atoms with Crippen molar-refractivity contribution < 1.29 is 4.79 Å². The Morgan fingerprint density at radius 3 is 2.35 bits per heavy atom. The fourth-order valence-electron chi connectivity index (χ4n) is 3.13. The number of benzene rings is 1. The van der Waals surface area contributed by atoms with Crippen molar-refractivity contribution in [2.24, 2.45) is 0 Å². The van der Waals surface area contributed by atoms with E-state index in [2.05, 4.69) is 37.5 Å². The molecule has 0 saturated carbocycles. The van der Waals surface area contributed by atoms with Crippen molar-refractivity contribution in [1.82, 2.24) is 20.1 Å². The predicted molar refractivity (Wildman–Crippen MR) is 102 cm³/mol. The molecule has 26 heavy (non-hydrogen) atoms. The number of anilines is 2. The van der Waals surface area contributed by atoms with E-state index in [-0.39, 0.29) is 12.5 Å². The molecule has 0 radical (unpaired) electrons. The van der Waals surface area contributed by atoms with E-state index in [9.17, 15) is 4.79 Å². The van der Waals surface area contributed by atoms with Crippen LogP contribution in [0.3, 0.4) is 0 Å². The number of aromatic nitrogens is 3. The Morgan fingerprint density at radius 2 is 1.69 bits per heavy atom. The average molecular weight is 354 g/mol. The number of aryl methyl sites for hydroxylation is 2. The number of nitrogens with one attached hydrogen (secondary N) is 1. The van der Waals surface area contributed by atoms with Crippen LogP contribution in [0.25, 0.3) is 0 Å². The highest BCUT2D eigenvalue weighted by Crippen LogP contribution is 2.15. The third kappa shape index (κ3) is 4.28. The van der Waals surface area contributed by atoms with Gasteiger partial charge in [0.1, 0.15) is 0 Å². The van der Waals surface area contributed by atoms with Crippen molar-refractivity contribution in [3.05, 3.63) is 41.7 Å². The topological polar surface area (TPSA) is 74.2 Å². The lowest BCUT2D eigenvalue weighted by molar-refractivity contribution is -0.129. The highest BCUT2D eigenvalue weighted by atomic mass is 16.2. The van der Waals surface area contributed by atoms with E-state index in [1.165, 1.54) is 5.69 Å². The van der Waals surface area contributed by atoms with Crippen LogP contribution in [0.5, 0.6) is 0 Å². The fourth-order valence-corrected chi connectivity index (χ4v) is 3.13. The number of hydrogen-bond acceptors (Lipinski definition) is 6. The minimum Gasteiger partial charge on any atom is -0.368 e. The van der Waals surface area contributed by atoms with Crippen LogP contribution in [-0.2, 0) is 17.6 Å². The maximum atomic E-state index is 12.5. The number of nitrogens with zero attached hydrogens (tertiary/aromatic N) is 5. The van der Waals surface area contributed by atoms with Gasteiger partial charge in [-0.3, -0.25) is 4.79 Å². The largest absolute Gasteiger partial charge is 0.368 e. The van der Waals surface area contributed by atoms with Crippen molar-refractivity contribution in [1.29, 1.82) is 0 Å². The van der Waals surface area contributed by atoms with Crippen LogP contribution in [0.1, 0.15) is 25.2 Å². The molecule has 7 heteroatoms. The first-order valence-electron chi connectivity index (χ1n) is 9.25. The summed E-state index contributed by atoms with van der Waals surface area (Å²) in [6.45, 7) is 7.42. The first kappa shape index (κ1) is 18.1. The van der Waals surface area contributed by atoms with Crippen LogP contribution in [-0.4, -0.2) is 58.7 Å². The van der Waals surface area contributed by atoms with E-state index < -0.39 is 0 Å². The minimum atomic E-state index is 0.0685. The summed E-state index contributed by atoms with van der Waals surface area (Å²) >= 11 is 0. The Bertz CT molecular complexity index is 728. The molecule has 2 aromatic rings. The minimum absolute atomic E-state index is 0.0685. The summed E-state index contributed by atoms with van der Waals surface area (Å²) in [5.74, 6) is 0.495. The molecule has 1 fully saturated rings.